The first kappa shape index (κ1) is 20.4. The van der Waals surface area contributed by atoms with Gasteiger partial charge in [-0.1, -0.05) is 18.2 Å². The lowest BCUT2D eigenvalue weighted by Gasteiger charge is -2.07. The fourth-order valence-electron chi connectivity index (χ4n) is 3.11. The van der Waals surface area contributed by atoms with Crippen LogP contribution in [0.2, 0.25) is 0 Å². The molecule has 0 radical (unpaired) electrons. The highest BCUT2D eigenvalue weighted by Crippen LogP contribution is 2.35. The van der Waals surface area contributed by atoms with Crippen LogP contribution < -0.4 is 10.9 Å². The highest BCUT2D eigenvalue weighted by molar-refractivity contribution is 6.04. The van der Waals surface area contributed by atoms with E-state index in [-0.39, 0.29) is 35.7 Å². The van der Waals surface area contributed by atoms with Crippen molar-refractivity contribution in [1.29, 1.82) is 0 Å². The van der Waals surface area contributed by atoms with Gasteiger partial charge in [0, 0.05) is 11.3 Å². The maximum Gasteiger partial charge on any atom is 0.452 e. The number of halogens is 3. The number of aromatic amines is 1. The summed E-state index contributed by atoms with van der Waals surface area (Å²) < 4.78 is 46.6. The Balaban J connectivity index is 1.69. The highest BCUT2D eigenvalue weighted by Gasteiger charge is 2.42. The fraction of sp³-hybridized carbons (Fsp3) is 0.150. The summed E-state index contributed by atoms with van der Waals surface area (Å²) in [7, 11) is 0. The maximum atomic E-state index is 13.4. The van der Waals surface area contributed by atoms with Gasteiger partial charge < -0.3 is 14.8 Å². The number of benzene rings is 2. The van der Waals surface area contributed by atoms with E-state index in [1.165, 1.54) is 35.0 Å². The Morgan fingerprint density at radius 3 is 2.61 bits per heavy atom. The summed E-state index contributed by atoms with van der Waals surface area (Å²) in [5.41, 5.74) is -0.533. The van der Waals surface area contributed by atoms with E-state index in [2.05, 4.69) is 15.4 Å². The molecule has 0 unspecified atom stereocenters. The van der Waals surface area contributed by atoms with Gasteiger partial charge >= 0.3 is 6.18 Å². The third kappa shape index (κ3) is 3.94. The highest BCUT2D eigenvalue weighted by atomic mass is 19.4. The Bertz CT molecular complexity index is 1310. The molecule has 4 rings (SSSR count). The average molecular weight is 432 g/mol. The largest absolute Gasteiger partial charge is 0.452 e. The molecule has 0 fully saturated rings. The summed E-state index contributed by atoms with van der Waals surface area (Å²) in [5, 5.41) is 14.1. The molecule has 0 aliphatic carbocycles. The van der Waals surface area contributed by atoms with Crippen molar-refractivity contribution in [2.24, 2.45) is 0 Å². The SMILES string of the molecule is O=C(Nc1ccc2c(c1)c(=O)[nH]n2CCO)c1nc(-c2ccccc2)oc1C(F)(F)F. The molecule has 160 valence electrons. The lowest BCUT2D eigenvalue weighted by molar-refractivity contribution is -0.153. The number of amides is 1. The van der Waals surface area contributed by atoms with Gasteiger partial charge in [-0.2, -0.15) is 13.2 Å². The van der Waals surface area contributed by atoms with Gasteiger partial charge in [0.2, 0.25) is 11.7 Å². The Morgan fingerprint density at radius 1 is 1.19 bits per heavy atom. The number of alkyl halides is 3. The van der Waals surface area contributed by atoms with Crippen molar-refractivity contribution in [1.82, 2.24) is 14.8 Å². The van der Waals surface area contributed by atoms with E-state index < -0.39 is 29.1 Å². The molecule has 0 aliphatic heterocycles. The van der Waals surface area contributed by atoms with Crippen molar-refractivity contribution in [2.45, 2.75) is 12.7 Å². The molecule has 11 heteroatoms. The van der Waals surface area contributed by atoms with Gasteiger partial charge in [-0.3, -0.25) is 19.4 Å². The van der Waals surface area contributed by atoms with Crippen LogP contribution in [0.15, 0.2) is 57.7 Å². The molecule has 2 aromatic heterocycles. The zero-order chi connectivity index (χ0) is 22.2. The summed E-state index contributed by atoms with van der Waals surface area (Å²) >= 11 is 0. The number of hydrogen-bond donors (Lipinski definition) is 3. The predicted octanol–water partition coefficient (Wildman–Crippen LogP) is 3.25. The molecule has 1 amide bonds. The van der Waals surface area contributed by atoms with E-state index in [0.29, 0.717) is 5.52 Å². The van der Waals surface area contributed by atoms with Crippen LogP contribution in [-0.4, -0.2) is 32.4 Å². The summed E-state index contributed by atoms with van der Waals surface area (Å²) in [6, 6.07) is 12.1. The summed E-state index contributed by atoms with van der Waals surface area (Å²) in [6.07, 6.45) is -4.94. The monoisotopic (exact) mass is 432 g/mol. The number of nitrogens with one attached hydrogen (secondary N) is 2. The molecule has 2 heterocycles. The van der Waals surface area contributed by atoms with E-state index in [0.717, 1.165) is 0 Å². The number of anilines is 1. The van der Waals surface area contributed by atoms with Crippen LogP contribution in [0.1, 0.15) is 16.2 Å². The summed E-state index contributed by atoms with van der Waals surface area (Å²) in [4.78, 5) is 28.4. The van der Waals surface area contributed by atoms with E-state index in [4.69, 9.17) is 9.52 Å². The smallest absolute Gasteiger partial charge is 0.431 e. The Hall–Kier alpha value is -3.86. The van der Waals surface area contributed by atoms with Gasteiger partial charge in [0.25, 0.3) is 11.5 Å². The van der Waals surface area contributed by atoms with E-state index in [9.17, 15) is 22.8 Å². The molecule has 4 aromatic rings. The molecular formula is C20H15F3N4O4. The number of oxazole rings is 1. The second kappa shape index (κ2) is 7.76. The molecule has 0 saturated carbocycles. The zero-order valence-corrected chi connectivity index (χ0v) is 15.7. The van der Waals surface area contributed by atoms with Gasteiger partial charge in [-0.05, 0) is 30.3 Å². The second-order valence-electron chi connectivity index (χ2n) is 6.56. The normalized spacial score (nSPS) is 11.7. The first-order valence-electron chi connectivity index (χ1n) is 9.06. The predicted molar refractivity (Wildman–Crippen MR) is 105 cm³/mol. The third-order valence-corrected chi connectivity index (χ3v) is 4.47. The lowest BCUT2D eigenvalue weighted by Crippen LogP contribution is -2.18. The minimum atomic E-state index is -4.94. The minimum absolute atomic E-state index is 0.0992. The van der Waals surface area contributed by atoms with Crippen molar-refractivity contribution in [3.63, 3.8) is 0 Å². The maximum absolute atomic E-state index is 13.4. The standard InChI is InChI=1S/C20H15F3N4O4/c21-20(22,23)16-15(25-19(31-16)11-4-2-1-3-5-11)18(30)24-12-6-7-14-13(10-12)17(29)26-27(14)8-9-28/h1-7,10,28H,8-9H2,(H,24,30)(H,26,29). The summed E-state index contributed by atoms with van der Waals surface area (Å²) in [5.74, 6) is -2.99. The number of fused-ring (bicyclic) bond motifs is 1. The number of rotatable bonds is 5. The van der Waals surface area contributed by atoms with Gasteiger partial charge in [0.15, 0.2) is 5.69 Å². The van der Waals surface area contributed by atoms with Gasteiger partial charge in [-0.25, -0.2) is 4.98 Å². The zero-order valence-electron chi connectivity index (χ0n) is 15.7. The van der Waals surface area contributed by atoms with E-state index in [1.54, 1.807) is 18.2 Å². The van der Waals surface area contributed by atoms with Crippen LogP contribution in [0, 0.1) is 0 Å². The quantitative estimate of drug-likeness (QED) is 0.448. The van der Waals surface area contributed by atoms with Crippen molar-refractivity contribution < 1.29 is 27.5 Å². The molecule has 0 spiro atoms. The van der Waals surface area contributed by atoms with Crippen molar-refractivity contribution >= 4 is 22.5 Å². The molecule has 8 nitrogen and oxygen atoms in total. The molecule has 2 aromatic carbocycles. The Labute approximate surface area is 171 Å². The molecule has 0 bridgehead atoms. The lowest BCUT2D eigenvalue weighted by atomic mass is 10.2. The van der Waals surface area contributed by atoms with Crippen molar-refractivity contribution in [2.75, 3.05) is 11.9 Å². The molecule has 0 aliphatic rings. The van der Waals surface area contributed by atoms with Crippen LogP contribution in [0.3, 0.4) is 0 Å². The number of carbonyl (C=O) groups excluding carboxylic acids is 1. The Kier molecular flexibility index (Phi) is 5.11. The Morgan fingerprint density at radius 2 is 1.94 bits per heavy atom. The van der Waals surface area contributed by atoms with E-state index in [1.807, 2.05) is 0 Å². The molecule has 0 saturated heterocycles. The van der Waals surface area contributed by atoms with Crippen molar-refractivity contribution in [3.05, 3.63) is 70.3 Å². The van der Waals surface area contributed by atoms with Crippen LogP contribution in [0.4, 0.5) is 18.9 Å². The van der Waals surface area contributed by atoms with Gasteiger partial charge in [0.1, 0.15) is 0 Å². The molecule has 3 N–H and O–H groups in total. The number of aliphatic hydroxyl groups is 1. The van der Waals surface area contributed by atoms with Gasteiger partial charge in [0.05, 0.1) is 24.1 Å². The fourth-order valence-corrected chi connectivity index (χ4v) is 3.11. The number of H-pyrrole nitrogens is 1. The number of aliphatic hydroxyl groups excluding tert-OH is 1. The topological polar surface area (TPSA) is 113 Å². The summed E-state index contributed by atoms with van der Waals surface area (Å²) in [6.45, 7) is -0.0467. The van der Waals surface area contributed by atoms with Crippen LogP contribution >= 0.6 is 0 Å². The first-order valence-corrected chi connectivity index (χ1v) is 9.06. The van der Waals surface area contributed by atoms with Crippen LogP contribution in [-0.2, 0) is 12.7 Å². The number of carbonyl (C=O) groups is 1. The third-order valence-electron chi connectivity index (χ3n) is 4.47. The molecule has 31 heavy (non-hydrogen) atoms. The second-order valence-corrected chi connectivity index (χ2v) is 6.56. The molecular weight excluding hydrogens is 417 g/mol. The minimum Gasteiger partial charge on any atom is -0.431 e. The van der Waals surface area contributed by atoms with Crippen LogP contribution in [0.25, 0.3) is 22.4 Å². The number of nitrogens with zero attached hydrogens (tertiary/aromatic N) is 2. The average Bonchev–Trinajstić information content (AvgIpc) is 3.32. The van der Waals surface area contributed by atoms with Crippen molar-refractivity contribution in [3.8, 4) is 11.5 Å². The van der Waals surface area contributed by atoms with Gasteiger partial charge in [-0.15, -0.1) is 0 Å². The van der Waals surface area contributed by atoms with E-state index >= 15 is 0 Å². The van der Waals surface area contributed by atoms with Crippen LogP contribution in [0.5, 0.6) is 0 Å². The number of hydrogen-bond acceptors (Lipinski definition) is 5. The molecule has 0 atom stereocenters. The first-order chi connectivity index (χ1) is 14.8. The number of aromatic nitrogens is 3.